The first-order valence-corrected chi connectivity index (χ1v) is 11.7. The van der Waals surface area contributed by atoms with Crippen molar-refractivity contribution in [1.29, 1.82) is 0 Å². The summed E-state index contributed by atoms with van der Waals surface area (Å²) in [6.45, 7) is 12.5. The van der Waals surface area contributed by atoms with Gasteiger partial charge in [0, 0.05) is 13.1 Å². The second-order valence-corrected chi connectivity index (χ2v) is 9.34. The fourth-order valence-corrected chi connectivity index (χ4v) is 3.64. The second-order valence-electron chi connectivity index (χ2n) is 9.34. The van der Waals surface area contributed by atoms with Crippen molar-refractivity contribution in [3.05, 3.63) is 71.9 Å². The first kappa shape index (κ1) is 25.0. The van der Waals surface area contributed by atoms with Crippen molar-refractivity contribution in [3.8, 4) is 17.3 Å². The molecular weight excluding hydrogens is 414 g/mol. The van der Waals surface area contributed by atoms with Crippen LogP contribution < -0.4 is 4.74 Å². The van der Waals surface area contributed by atoms with Gasteiger partial charge in [-0.3, -0.25) is 4.90 Å². The predicted octanol–water partition coefficient (Wildman–Crippen LogP) is 5.36. The summed E-state index contributed by atoms with van der Waals surface area (Å²) in [5.74, 6) is 1.46. The molecule has 0 spiro atoms. The largest absolute Gasteiger partial charge is 0.439 e. The van der Waals surface area contributed by atoms with Crippen molar-refractivity contribution in [2.24, 2.45) is 0 Å². The number of hydrogen-bond donors (Lipinski definition) is 1. The predicted molar refractivity (Wildman–Crippen MR) is 132 cm³/mol. The molecule has 0 aliphatic carbocycles. The molecule has 1 heterocycles. The lowest BCUT2D eigenvalue weighted by atomic mass is 10.2. The summed E-state index contributed by atoms with van der Waals surface area (Å²) in [5.41, 5.74) is 2.59. The topological polar surface area (TPSA) is 59.8 Å². The van der Waals surface area contributed by atoms with Crippen molar-refractivity contribution in [1.82, 2.24) is 14.7 Å². The summed E-state index contributed by atoms with van der Waals surface area (Å²) in [5, 5.41) is 15.4. The molecule has 0 bridgehead atoms. The van der Waals surface area contributed by atoms with E-state index in [-0.39, 0.29) is 5.60 Å². The monoisotopic (exact) mass is 451 g/mol. The van der Waals surface area contributed by atoms with Gasteiger partial charge in [0.25, 0.3) is 0 Å². The minimum Gasteiger partial charge on any atom is -0.439 e. The number of aliphatic hydroxyl groups is 1. The van der Waals surface area contributed by atoms with Crippen LogP contribution in [0.1, 0.15) is 45.4 Å². The highest BCUT2D eigenvalue weighted by atomic mass is 16.5. The van der Waals surface area contributed by atoms with E-state index in [2.05, 4.69) is 11.8 Å². The van der Waals surface area contributed by atoms with Crippen LogP contribution in [0.5, 0.6) is 11.6 Å². The summed E-state index contributed by atoms with van der Waals surface area (Å²) < 4.78 is 14.0. The lowest BCUT2D eigenvalue weighted by Gasteiger charge is -2.27. The van der Waals surface area contributed by atoms with E-state index in [0.29, 0.717) is 25.6 Å². The quantitative estimate of drug-likeness (QED) is 0.425. The molecule has 0 unspecified atom stereocenters. The number of rotatable bonds is 11. The lowest BCUT2D eigenvalue weighted by Crippen LogP contribution is -2.37. The van der Waals surface area contributed by atoms with Crippen LogP contribution in [0.3, 0.4) is 0 Å². The van der Waals surface area contributed by atoms with Crippen molar-refractivity contribution < 1.29 is 14.6 Å². The number of aromatic nitrogens is 2. The van der Waals surface area contributed by atoms with E-state index in [4.69, 9.17) is 14.6 Å². The van der Waals surface area contributed by atoms with Crippen molar-refractivity contribution in [2.45, 2.75) is 59.3 Å². The van der Waals surface area contributed by atoms with Gasteiger partial charge < -0.3 is 14.6 Å². The van der Waals surface area contributed by atoms with Crippen LogP contribution in [0.25, 0.3) is 5.69 Å². The zero-order valence-electron chi connectivity index (χ0n) is 20.5. The number of benzene rings is 2. The number of aryl methyl sites for hydroxylation is 1. The maximum absolute atomic E-state index is 10.6. The fraction of sp³-hybridized carbons (Fsp3) is 0.444. The van der Waals surface area contributed by atoms with Crippen LogP contribution in [0.15, 0.2) is 60.7 Å². The molecular formula is C27H37N3O3. The molecule has 6 heteroatoms. The maximum Gasteiger partial charge on any atom is 0.227 e. The Morgan fingerprint density at radius 3 is 2.27 bits per heavy atom. The Bertz CT molecular complexity index is 981. The molecule has 0 aliphatic heterocycles. The highest BCUT2D eigenvalue weighted by Crippen LogP contribution is 2.31. The molecule has 3 aromatic rings. The molecule has 178 valence electrons. The van der Waals surface area contributed by atoms with Gasteiger partial charge in [0.15, 0.2) is 0 Å². The summed E-state index contributed by atoms with van der Waals surface area (Å²) in [7, 11) is 0. The van der Waals surface area contributed by atoms with Gasteiger partial charge in [-0.1, -0.05) is 43.3 Å². The number of para-hydroxylation sites is 2. The number of ether oxygens (including phenoxy) is 2. The van der Waals surface area contributed by atoms with E-state index in [1.54, 1.807) is 0 Å². The average molecular weight is 452 g/mol. The summed E-state index contributed by atoms with van der Waals surface area (Å²) in [6.07, 6.45) is 0.409. The Balaban J connectivity index is 1.88. The Morgan fingerprint density at radius 2 is 1.67 bits per heavy atom. The van der Waals surface area contributed by atoms with Crippen molar-refractivity contribution >= 4 is 0 Å². The van der Waals surface area contributed by atoms with Crippen LogP contribution in [0.2, 0.25) is 0 Å². The van der Waals surface area contributed by atoms with Crippen LogP contribution in [-0.2, 0) is 11.3 Å². The highest BCUT2D eigenvalue weighted by Gasteiger charge is 2.23. The van der Waals surface area contributed by atoms with Gasteiger partial charge in [0.2, 0.25) is 5.88 Å². The summed E-state index contributed by atoms with van der Waals surface area (Å²) in [4.78, 5) is 2.24. The van der Waals surface area contributed by atoms with Crippen molar-refractivity contribution in [2.75, 3.05) is 19.7 Å². The molecule has 0 amide bonds. The number of aliphatic hydroxyl groups excluding tert-OH is 1. The third-order valence-corrected chi connectivity index (χ3v) is 5.19. The van der Waals surface area contributed by atoms with E-state index in [1.165, 1.54) is 0 Å². The van der Waals surface area contributed by atoms with Crippen LogP contribution in [0, 0.1) is 6.92 Å². The van der Waals surface area contributed by atoms with Crippen LogP contribution in [0.4, 0.5) is 0 Å². The molecule has 0 aliphatic rings. The molecule has 3 rings (SSSR count). The third kappa shape index (κ3) is 7.42. The Morgan fingerprint density at radius 1 is 1.03 bits per heavy atom. The molecule has 1 atom stereocenters. The zero-order chi connectivity index (χ0) is 23.8. The minimum atomic E-state index is -0.571. The SMILES string of the molecule is CCCN(Cc1c(C)nn(-c2ccccc2)c1Oc1ccccc1)C[C@@H](O)COC(C)(C)C. The van der Waals surface area contributed by atoms with Gasteiger partial charge in [-0.15, -0.1) is 0 Å². The standard InChI is InChI=1S/C27H37N3O3/c1-6-17-29(18-23(31)20-32-27(3,4)5)19-25-21(2)28-30(22-13-9-7-10-14-22)26(25)33-24-15-11-8-12-16-24/h7-16,23,31H,6,17-20H2,1-5H3/t23-/m1/s1. The molecule has 1 aromatic heterocycles. The Hall–Kier alpha value is -2.67. The van der Waals surface area contributed by atoms with E-state index in [9.17, 15) is 5.11 Å². The average Bonchev–Trinajstić information content (AvgIpc) is 3.08. The second kappa shape index (κ2) is 11.5. The highest BCUT2D eigenvalue weighted by molar-refractivity contribution is 5.43. The summed E-state index contributed by atoms with van der Waals surface area (Å²) >= 11 is 0. The van der Waals surface area contributed by atoms with Gasteiger partial charge in [0.1, 0.15) is 5.75 Å². The first-order valence-electron chi connectivity index (χ1n) is 11.7. The van der Waals surface area contributed by atoms with E-state index < -0.39 is 6.10 Å². The zero-order valence-corrected chi connectivity index (χ0v) is 20.5. The fourth-order valence-electron chi connectivity index (χ4n) is 3.64. The van der Waals surface area contributed by atoms with Gasteiger partial charge in [-0.2, -0.15) is 5.10 Å². The molecule has 6 nitrogen and oxygen atoms in total. The smallest absolute Gasteiger partial charge is 0.227 e. The van der Waals surface area contributed by atoms with Crippen LogP contribution >= 0.6 is 0 Å². The number of nitrogens with zero attached hydrogens (tertiary/aromatic N) is 3. The summed E-state index contributed by atoms with van der Waals surface area (Å²) in [6, 6.07) is 19.8. The van der Waals surface area contributed by atoms with Crippen molar-refractivity contribution in [3.63, 3.8) is 0 Å². The number of hydrogen-bond acceptors (Lipinski definition) is 5. The Kier molecular flexibility index (Phi) is 8.67. The van der Waals surface area contributed by atoms with E-state index >= 15 is 0 Å². The Labute approximate surface area is 197 Å². The van der Waals surface area contributed by atoms with Gasteiger partial charge >= 0.3 is 0 Å². The van der Waals surface area contributed by atoms with E-state index in [0.717, 1.165) is 35.7 Å². The molecule has 0 saturated carbocycles. The van der Waals surface area contributed by atoms with Gasteiger partial charge in [0.05, 0.1) is 35.3 Å². The molecule has 1 N–H and O–H groups in total. The maximum atomic E-state index is 10.6. The molecule has 0 saturated heterocycles. The first-order chi connectivity index (χ1) is 15.8. The molecule has 2 aromatic carbocycles. The van der Waals surface area contributed by atoms with Crippen LogP contribution in [-0.4, -0.2) is 51.2 Å². The lowest BCUT2D eigenvalue weighted by molar-refractivity contribution is -0.0567. The third-order valence-electron chi connectivity index (χ3n) is 5.19. The van der Waals surface area contributed by atoms with Gasteiger partial charge in [-0.25, -0.2) is 4.68 Å². The molecule has 33 heavy (non-hydrogen) atoms. The molecule has 0 fully saturated rings. The molecule has 0 radical (unpaired) electrons. The van der Waals surface area contributed by atoms with Gasteiger partial charge in [-0.05, 0) is 64.9 Å². The normalized spacial score (nSPS) is 12.8. The minimum absolute atomic E-state index is 0.277. The van der Waals surface area contributed by atoms with E-state index in [1.807, 2.05) is 93.0 Å².